The van der Waals surface area contributed by atoms with E-state index in [2.05, 4.69) is 276 Å². The first-order valence-corrected chi connectivity index (χ1v) is 24.3. The zero-order valence-corrected chi connectivity index (χ0v) is 38.7. The summed E-state index contributed by atoms with van der Waals surface area (Å²) < 4.78 is 9.31. The van der Waals surface area contributed by atoms with Crippen LogP contribution in [0.5, 0.6) is 0 Å². The molecule has 2 heterocycles. The predicted molar refractivity (Wildman–Crippen MR) is 299 cm³/mol. The quantitative estimate of drug-likeness (QED) is 0.151. The van der Waals surface area contributed by atoms with Crippen molar-refractivity contribution in [2.24, 2.45) is 0 Å². The Morgan fingerprint density at radius 2 is 0.873 bits per heavy atom. The molecule has 0 atom stereocenters. The maximum atomic E-state index is 6.86. The highest BCUT2D eigenvalue weighted by Crippen LogP contribution is 2.48. The summed E-state index contributed by atoms with van der Waals surface area (Å²) in [5.41, 5.74) is 17.6. The van der Waals surface area contributed by atoms with E-state index in [1.54, 1.807) is 0 Å². The van der Waals surface area contributed by atoms with Crippen LogP contribution in [-0.2, 0) is 0 Å². The van der Waals surface area contributed by atoms with E-state index >= 15 is 0 Å². The number of anilines is 3. The van der Waals surface area contributed by atoms with Crippen LogP contribution in [0.1, 0.15) is 0 Å². The van der Waals surface area contributed by atoms with E-state index in [-0.39, 0.29) is 0 Å². The largest absolute Gasteiger partial charge is 0.455 e. The lowest BCUT2D eigenvalue weighted by Gasteiger charge is -2.27. The van der Waals surface area contributed by atoms with Crippen LogP contribution < -0.4 is 4.90 Å². The Bertz CT molecular complexity index is 4320. The number of fused-ring (bicyclic) bond motifs is 8. The van der Waals surface area contributed by atoms with Crippen LogP contribution in [0.15, 0.2) is 271 Å². The molecule has 3 nitrogen and oxygen atoms in total. The van der Waals surface area contributed by atoms with E-state index in [4.69, 9.17) is 4.42 Å². The molecule has 71 heavy (non-hydrogen) atoms. The molecule has 0 radical (unpaired) electrons. The van der Waals surface area contributed by atoms with Crippen LogP contribution in [0, 0.1) is 0 Å². The third kappa shape index (κ3) is 6.74. The molecule has 0 bridgehead atoms. The molecule has 0 aliphatic carbocycles. The predicted octanol–water partition coefficient (Wildman–Crippen LogP) is 19.1. The number of furan rings is 1. The highest BCUT2D eigenvalue weighted by atomic mass is 16.3. The molecule has 0 unspecified atom stereocenters. The van der Waals surface area contributed by atoms with Gasteiger partial charge < -0.3 is 13.9 Å². The van der Waals surface area contributed by atoms with Gasteiger partial charge in [-0.1, -0.05) is 206 Å². The molecule has 12 aromatic carbocycles. The van der Waals surface area contributed by atoms with E-state index in [9.17, 15) is 0 Å². The van der Waals surface area contributed by atoms with Gasteiger partial charge in [-0.15, -0.1) is 0 Å². The fourth-order valence-corrected chi connectivity index (χ4v) is 11.1. The van der Waals surface area contributed by atoms with Gasteiger partial charge >= 0.3 is 0 Å². The topological polar surface area (TPSA) is 21.3 Å². The van der Waals surface area contributed by atoms with Gasteiger partial charge in [0.05, 0.1) is 27.8 Å². The Kier molecular flexibility index (Phi) is 9.53. The van der Waals surface area contributed by atoms with E-state index in [1.807, 2.05) is 0 Å². The summed E-state index contributed by atoms with van der Waals surface area (Å²) in [5, 5.41) is 9.54. The Hall–Kier alpha value is -9.44. The molecule has 3 heteroatoms. The molecular weight excluding hydrogens is 861 g/mol. The number of hydrogen-bond donors (Lipinski definition) is 0. The Labute approximate surface area is 411 Å². The zero-order chi connectivity index (χ0) is 46.8. The molecule has 0 saturated carbocycles. The van der Waals surface area contributed by atoms with Crippen molar-refractivity contribution in [1.82, 2.24) is 4.57 Å². The van der Waals surface area contributed by atoms with Gasteiger partial charge in [-0.25, -0.2) is 0 Å². The first-order chi connectivity index (χ1) is 35.2. The molecule has 14 rings (SSSR count). The number of aromatic nitrogens is 1. The number of para-hydroxylation sites is 2. The smallest absolute Gasteiger partial charge is 0.145 e. The van der Waals surface area contributed by atoms with Gasteiger partial charge in [-0.2, -0.15) is 0 Å². The second kappa shape index (κ2) is 16.7. The minimum absolute atomic E-state index is 0.859. The molecule has 0 fully saturated rings. The average Bonchev–Trinajstić information content (AvgIpc) is 4.00. The Morgan fingerprint density at radius 3 is 1.69 bits per heavy atom. The highest BCUT2D eigenvalue weighted by molar-refractivity contribution is 6.18. The molecular formula is C68H44N2O. The van der Waals surface area contributed by atoms with Crippen LogP contribution in [0.3, 0.4) is 0 Å². The molecule has 0 spiro atoms. The average molecular weight is 905 g/mol. The Balaban J connectivity index is 0.942. The van der Waals surface area contributed by atoms with Crippen molar-refractivity contribution < 1.29 is 4.42 Å². The maximum Gasteiger partial charge on any atom is 0.145 e. The van der Waals surface area contributed by atoms with Crippen LogP contribution in [0.2, 0.25) is 0 Å². The Morgan fingerprint density at radius 1 is 0.310 bits per heavy atom. The summed E-state index contributed by atoms with van der Waals surface area (Å²) in [7, 11) is 0. The SMILES string of the molecule is c1ccc(-c2ccc(N(c3ccc(-c4ccc(-c5cccc6ccccc56)cc4)cc3)c3cccc(-c4cccc5c4c4ccccc4n5-c4cccc5ccccc45)c3)c3c2oc2ccccc23)cc1. The molecule has 0 aliphatic heterocycles. The molecule has 332 valence electrons. The van der Waals surface area contributed by atoms with Crippen molar-refractivity contribution in [1.29, 1.82) is 0 Å². The summed E-state index contributed by atoms with van der Waals surface area (Å²) >= 11 is 0. The van der Waals surface area contributed by atoms with Crippen molar-refractivity contribution in [2.45, 2.75) is 0 Å². The zero-order valence-electron chi connectivity index (χ0n) is 38.7. The third-order valence-corrected chi connectivity index (χ3v) is 14.4. The lowest BCUT2D eigenvalue weighted by atomic mass is 9.96. The van der Waals surface area contributed by atoms with Gasteiger partial charge in [0.25, 0.3) is 0 Å². The van der Waals surface area contributed by atoms with Gasteiger partial charge in [0.15, 0.2) is 0 Å². The minimum Gasteiger partial charge on any atom is -0.455 e. The lowest BCUT2D eigenvalue weighted by Crippen LogP contribution is -2.10. The number of nitrogens with zero attached hydrogens (tertiary/aromatic N) is 2. The van der Waals surface area contributed by atoms with Crippen LogP contribution >= 0.6 is 0 Å². The summed E-state index contributed by atoms with van der Waals surface area (Å²) in [6.45, 7) is 0. The molecule has 2 aromatic heterocycles. The first kappa shape index (κ1) is 40.6. The fraction of sp³-hybridized carbons (Fsp3) is 0. The summed E-state index contributed by atoms with van der Waals surface area (Å²) in [5.74, 6) is 0. The van der Waals surface area contributed by atoms with Gasteiger partial charge in [0.1, 0.15) is 11.2 Å². The van der Waals surface area contributed by atoms with E-state index in [0.29, 0.717) is 0 Å². The van der Waals surface area contributed by atoms with E-state index in [1.165, 1.54) is 71.3 Å². The normalized spacial score (nSPS) is 11.7. The van der Waals surface area contributed by atoms with Gasteiger partial charge in [0.2, 0.25) is 0 Å². The van der Waals surface area contributed by atoms with Crippen LogP contribution in [0.25, 0.3) is 115 Å². The minimum atomic E-state index is 0.859. The highest BCUT2D eigenvalue weighted by Gasteiger charge is 2.24. The summed E-state index contributed by atoms with van der Waals surface area (Å²) in [6.07, 6.45) is 0. The second-order valence-corrected chi connectivity index (χ2v) is 18.4. The van der Waals surface area contributed by atoms with Crippen LogP contribution in [0.4, 0.5) is 17.1 Å². The van der Waals surface area contributed by atoms with Crippen LogP contribution in [-0.4, -0.2) is 4.57 Å². The lowest BCUT2D eigenvalue weighted by molar-refractivity contribution is 0.670. The van der Waals surface area contributed by atoms with E-state index < -0.39 is 0 Å². The second-order valence-electron chi connectivity index (χ2n) is 18.4. The van der Waals surface area contributed by atoms with Crippen molar-refractivity contribution in [2.75, 3.05) is 4.90 Å². The number of rotatable bonds is 8. The monoisotopic (exact) mass is 904 g/mol. The van der Waals surface area contributed by atoms with Gasteiger partial charge in [-0.05, 0) is 116 Å². The van der Waals surface area contributed by atoms with E-state index in [0.717, 1.165) is 61.3 Å². The van der Waals surface area contributed by atoms with Crippen molar-refractivity contribution >= 4 is 82.4 Å². The van der Waals surface area contributed by atoms with Crippen molar-refractivity contribution in [3.63, 3.8) is 0 Å². The molecule has 0 amide bonds. The van der Waals surface area contributed by atoms with Crippen molar-refractivity contribution in [3.8, 4) is 50.2 Å². The third-order valence-electron chi connectivity index (χ3n) is 14.4. The van der Waals surface area contributed by atoms with Crippen molar-refractivity contribution in [3.05, 3.63) is 267 Å². The first-order valence-electron chi connectivity index (χ1n) is 24.3. The van der Waals surface area contributed by atoms with Gasteiger partial charge in [0, 0.05) is 38.5 Å². The summed E-state index contributed by atoms with van der Waals surface area (Å²) in [4.78, 5) is 2.41. The fourth-order valence-electron chi connectivity index (χ4n) is 11.1. The molecule has 0 aliphatic rings. The van der Waals surface area contributed by atoms with Gasteiger partial charge in [-0.3, -0.25) is 0 Å². The molecule has 0 saturated heterocycles. The molecule has 14 aromatic rings. The summed E-state index contributed by atoms with van der Waals surface area (Å²) in [6, 6.07) is 96.6. The maximum absolute atomic E-state index is 6.86. The number of benzene rings is 12. The number of hydrogen-bond acceptors (Lipinski definition) is 2. The standard InChI is InChI=1S/C68H44N2O/c1-2-16-49(17-3-1)58-42-43-64(67-60-27-9-11-33-65(60)71-68(58)67)69(52-40-38-46(39-41-52)45-34-36-50(37-35-45)55-28-13-20-47-18-4-6-24-54(47)55)53-23-12-22-51(44-53)57-29-15-32-63-66(57)59-26-8-10-30-62(59)70(63)61-31-14-21-48-19-5-7-25-56(48)61/h1-44H. The molecule has 0 N–H and O–H groups in total.